The van der Waals surface area contributed by atoms with Crippen molar-refractivity contribution in [2.75, 3.05) is 6.61 Å². The first-order chi connectivity index (χ1) is 13.2. The van der Waals surface area contributed by atoms with Gasteiger partial charge in [-0.3, -0.25) is 0 Å². The number of hydrogen-bond donors (Lipinski definition) is 1. The Morgan fingerprint density at radius 2 is 1.85 bits per heavy atom. The summed E-state index contributed by atoms with van der Waals surface area (Å²) >= 11 is 0. The molecule has 0 aliphatic rings. The molecule has 3 aromatic carbocycles. The maximum Gasteiger partial charge on any atom is 0.340 e. The molecule has 1 aromatic heterocycles. The topological polar surface area (TPSA) is 42.1 Å². The van der Waals surface area contributed by atoms with E-state index in [1.165, 1.54) is 23.8 Å². The zero-order valence-electron chi connectivity index (χ0n) is 16.0. The number of hydrogen-bond acceptors (Lipinski definition) is 2. The average Bonchev–Trinajstić information content (AvgIpc) is 3.06. The Morgan fingerprint density at radius 3 is 2.70 bits per heavy atom. The van der Waals surface area contributed by atoms with Gasteiger partial charge < -0.3 is 9.72 Å². The summed E-state index contributed by atoms with van der Waals surface area (Å²) in [6.45, 7) is 4.78. The highest BCUT2D eigenvalue weighted by molar-refractivity contribution is 6.25. The summed E-state index contributed by atoms with van der Waals surface area (Å²) in [4.78, 5) is 16.3. The van der Waals surface area contributed by atoms with Gasteiger partial charge in [-0.1, -0.05) is 62.6 Å². The number of carbonyl (C=O) groups is 1. The molecule has 27 heavy (non-hydrogen) atoms. The van der Waals surface area contributed by atoms with Crippen LogP contribution in [-0.4, -0.2) is 17.6 Å². The fourth-order valence-electron chi connectivity index (χ4n) is 3.92. The number of unbranched alkanes of at least 4 members (excludes halogenated alkanes) is 3. The van der Waals surface area contributed by atoms with Gasteiger partial charge in [0.25, 0.3) is 0 Å². The monoisotopic (exact) mass is 359 g/mol. The molecule has 0 bridgehead atoms. The van der Waals surface area contributed by atoms with E-state index in [0.29, 0.717) is 12.2 Å². The maximum atomic E-state index is 12.9. The Labute approximate surface area is 159 Å². The van der Waals surface area contributed by atoms with E-state index in [4.69, 9.17) is 4.74 Å². The second kappa shape index (κ2) is 7.43. The molecule has 0 saturated carbocycles. The summed E-state index contributed by atoms with van der Waals surface area (Å²) in [5.41, 5.74) is 3.74. The zero-order valence-corrected chi connectivity index (χ0v) is 16.0. The first-order valence-corrected chi connectivity index (χ1v) is 9.80. The number of para-hydroxylation sites is 1. The standard InChI is InChI=1S/C24H25NO2/c1-3-4-5-8-14-27-24(26)19-15-17-11-9-10-16(2)21(17)22-18-12-6-7-13-20(18)25-23(19)22/h6-7,9-13,15,25H,3-5,8,14H2,1-2H3. The Balaban J connectivity index is 1.84. The van der Waals surface area contributed by atoms with Crippen molar-refractivity contribution in [3.8, 4) is 0 Å². The molecule has 4 rings (SSSR count). The van der Waals surface area contributed by atoms with E-state index in [0.717, 1.165) is 40.0 Å². The summed E-state index contributed by atoms with van der Waals surface area (Å²) in [6.07, 6.45) is 4.37. The van der Waals surface area contributed by atoms with Crippen molar-refractivity contribution in [2.24, 2.45) is 0 Å². The summed E-state index contributed by atoms with van der Waals surface area (Å²) in [5.74, 6) is -0.244. The van der Waals surface area contributed by atoms with Gasteiger partial charge in [-0.25, -0.2) is 4.79 Å². The van der Waals surface area contributed by atoms with E-state index < -0.39 is 0 Å². The Hall–Kier alpha value is -2.81. The number of rotatable bonds is 6. The number of carbonyl (C=O) groups excluding carboxylic acids is 1. The lowest BCUT2D eigenvalue weighted by molar-refractivity contribution is 0.0500. The molecular formula is C24H25NO2. The quantitative estimate of drug-likeness (QED) is 0.314. The van der Waals surface area contributed by atoms with Crippen molar-refractivity contribution in [3.05, 3.63) is 59.7 Å². The number of benzene rings is 3. The van der Waals surface area contributed by atoms with Crippen LogP contribution in [-0.2, 0) is 4.74 Å². The molecule has 3 heteroatoms. The van der Waals surface area contributed by atoms with Crippen LogP contribution in [0.2, 0.25) is 0 Å². The average molecular weight is 359 g/mol. The number of aryl methyl sites for hydroxylation is 1. The number of fused-ring (bicyclic) bond motifs is 5. The molecule has 1 N–H and O–H groups in total. The Bertz CT molecular complexity index is 1120. The van der Waals surface area contributed by atoms with E-state index in [2.05, 4.69) is 43.1 Å². The summed E-state index contributed by atoms with van der Waals surface area (Å²) in [6, 6.07) is 16.4. The fourth-order valence-corrected chi connectivity index (χ4v) is 3.92. The highest BCUT2D eigenvalue weighted by Gasteiger charge is 2.19. The molecule has 0 atom stereocenters. The van der Waals surface area contributed by atoms with Gasteiger partial charge in [0, 0.05) is 16.3 Å². The van der Waals surface area contributed by atoms with Gasteiger partial charge in [-0.05, 0) is 41.8 Å². The maximum absolute atomic E-state index is 12.9. The Kier molecular flexibility index (Phi) is 4.85. The first kappa shape index (κ1) is 17.6. The van der Waals surface area contributed by atoms with Crippen molar-refractivity contribution >= 4 is 38.5 Å². The second-order valence-corrected chi connectivity index (χ2v) is 7.21. The van der Waals surface area contributed by atoms with Gasteiger partial charge in [0.2, 0.25) is 0 Å². The zero-order chi connectivity index (χ0) is 18.8. The fraction of sp³-hybridized carbons (Fsp3) is 0.292. The lowest BCUT2D eigenvalue weighted by atomic mass is 9.97. The van der Waals surface area contributed by atoms with Crippen molar-refractivity contribution in [1.29, 1.82) is 0 Å². The van der Waals surface area contributed by atoms with E-state index in [1.807, 2.05) is 24.3 Å². The molecule has 4 aromatic rings. The minimum Gasteiger partial charge on any atom is -0.462 e. The van der Waals surface area contributed by atoms with Crippen LogP contribution in [0.5, 0.6) is 0 Å². The van der Waals surface area contributed by atoms with Crippen LogP contribution in [0.4, 0.5) is 0 Å². The molecule has 0 amide bonds. The van der Waals surface area contributed by atoms with Crippen molar-refractivity contribution < 1.29 is 9.53 Å². The largest absolute Gasteiger partial charge is 0.462 e. The third-order valence-corrected chi connectivity index (χ3v) is 5.28. The van der Waals surface area contributed by atoms with Gasteiger partial charge in [-0.15, -0.1) is 0 Å². The molecule has 0 radical (unpaired) electrons. The molecule has 1 heterocycles. The number of ether oxygens (including phenoxy) is 1. The van der Waals surface area contributed by atoms with Crippen LogP contribution in [0.15, 0.2) is 48.5 Å². The lowest BCUT2D eigenvalue weighted by Crippen LogP contribution is -2.07. The second-order valence-electron chi connectivity index (χ2n) is 7.21. The highest BCUT2D eigenvalue weighted by Crippen LogP contribution is 2.36. The number of nitrogens with one attached hydrogen (secondary N) is 1. The number of H-pyrrole nitrogens is 1. The predicted molar refractivity (Wildman–Crippen MR) is 112 cm³/mol. The van der Waals surface area contributed by atoms with E-state index in [1.54, 1.807) is 0 Å². The van der Waals surface area contributed by atoms with Crippen molar-refractivity contribution in [2.45, 2.75) is 39.5 Å². The van der Waals surface area contributed by atoms with Crippen molar-refractivity contribution in [3.63, 3.8) is 0 Å². The van der Waals surface area contributed by atoms with Crippen LogP contribution in [0, 0.1) is 6.92 Å². The molecule has 0 spiro atoms. The van der Waals surface area contributed by atoms with Crippen molar-refractivity contribution in [1.82, 2.24) is 4.98 Å². The predicted octanol–water partition coefficient (Wildman–Crippen LogP) is 6.52. The highest BCUT2D eigenvalue weighted by atomic mass is 16.5. The van der Waals surface area contributed by atoms with E-state index in [9.17, 15) is 4.79 Å². The lowest BCUT2D eigenvalue weighted by Gasteiger charge is -2.10. The van der Waals surface area contributed by atoms with E-state index >= 15 is 0 Å². The Morgan fingerprint density at radius 1 is 1.00 bits per heavy atom. The van der Waals surface area contributed by atoms with E-state index in [-0.39, 0.29) is 5.97 Å². The number of aromatic amines is 1. The van der Waals surface area contributed by atoms with Crippen LogP contribution in [0.1, 0.15) is 48.5 Å². The summed E-state index contributed by atoms with van der Waals surface area (Å²) in [7, 11) is 0. The summed E-state index contributed by atoms with van der Waals surface area (Å²) in [5, 5.41) is 4.53. The van der Waals surface area contributed by atoms with Crippen LogP contribution >= 0.6 is 0 Å². The summed E-state index contributed by atoms with van der Waals surface area (Å²) < 4.78 is 5.60. The van der Waals surface area contributed by atoms with Crippen LogP contribution in [0.25, 0.3) is 32.6 Å². The molecule has 0 fully saturated rings. The normalized spacial score (nSPS) is 11.5. The molecule has 0 aliphatic carbocycles. The van der Waals surface area contributed by atoms with Crippen LogP contribution in [0.3, 0.4) is 0 Å². The molecule has 3 nitrogen and oxygen atoms in total. The van der Waals surface area contributed by atoms with Gasteiger partial charge in [0.1, 0.15) is 0 Å². The number of esters is 1. The van der Waals surface area contributed by atoms with Gasteiger partial charge in [0.15, 0.2) is 0 Å². The minimum absolute atomic E-state index is 0.244. The van der Waals surface area contributed by atoms with Gasteiger partial charge >= 0.3 is 5.97 Å². The minimum atomic E-state index is -0.244. The molecule has 0 saturated heterocycles. The first-order valence-electron chi connectivity index (χ1n) is 9.80. The van der Waals surface area contributed by atoms with Gasteiger partial charge in [0.05, 0.1) is 17.7 Å². The SMILES string of the molecule is CCCCCCOC(=O)c1cc2cccc(C)c2c2c1[nH]c1ccccc12. The molecule has 0 aliphatic heterocycles. The molecular weight excluding hydrogens is 334 g/mol. The molecule has 0 unspecified atom stereocenters. The van der Waals surface area contributed by atoms with Gasteiger partial charge in [-0.2, -0.15) is 0 Å². The smallest absolute Gasteiger partial charge is 0.340 e. The number of aromatic nitrogens is 1. The third kappa shape index (κ3) is 3.18. The van der Waals surface area contributed by atoms with Crippen LogP contribution < -0.4 is 0 Å². The third-order valence-electron chi connectivity index (χ3n) is 5.28. The molecule has 138 valence electrons.